The second kappa shape index (κ2) is 5.37. The zero-order valence-electron chi connectivity index (χ0n) is 9.41. The van der Waals surface area contributed by atoms with Crippen LogP contribution >= 0.6 is 11.3 Å². The van der Waals surface area contributed by atoms with Gasteiger partial charge in [0.15, 0.2) is 0 Å². The Balaban J connectivity index is 2.18. The summed E-state index contributed by atoms with van der Waals surface area (Å²) in [5, 5.41) is 11.5. The predicted molar refractivity (Wildman–Crippen MR) is 65.6 cm³/mol. The smallest absolute Gasteiger partial charge is 0.350 e. The van der Waals surface area contributed by atoms with Gasteiger partial charge in [-0.3, -0.25) is 4.79 Å². The van der Waals surface area contributed by atoms with Crippen molar-refractivity contribution in [3.05, 3.63) is 40.3 Å². The van der Waals surface area contributed by atoms with E-state index in [1.54, 1.807) is 11.4 Å². The molecule has 92 valence electrons. The summed E-state index contributed by atoms with van der Waals surface area (Å²) in [5.74, 6) is -0.832. The van der Waals surface area contributed by atoms with E-state index in [1.807, 2.05) is 0 Å². The molecule has 2 rings (SSSR count). The highest BCUT2D eigenvalue weighted by molar-refractivity contribution is 7.12. The van der Waals surface area contributed by atoms with Crippen molar-refractivity contribution in [2.45, 2.75) is 0 Å². The highest BCUT2D eigenvalue weighted by Gasteiger charge is 2.16. The molecule has 0 fully saturated rings. The molecule has 7 heteroatoms. The molecular formula is C11H9N3O3S. The van der Waals surface area contributed by atoms with Gasteiger partial charge in [-0.25, -0.2) is 4.79 Å². The number of rotatable bonds is 3. The number of amides is 1. The third-order valence-corrected chi connectivity index (χ3v) is 3.03. The largest absolute Gasteiger partial charge is 0.465 e. The molecule has 0 saturated carbocycles. The van der Waals surface area contributed by atoms with Crippen LogP contribution in [0.5, 0.6) is 0 Å². The van der Waals surface area contributed by atoms with E-state index >= 15 is 0 Å². The van der Waals surface area contributed by atoms with Gasteiger partial charge in [0.2, 0.25) is 0 Å². The first-order chi connectivity index (χ1) is 8.72. The number of nitrogens with zero attached hydrogens (tertiary/aromatic N) is 2. The van der Waals surface area contributed by atoms with Gasteiger partial charge in [0.1, 0.15) is 4.88 Å². The second-order valence-corrected chi connectivity index (χ2v) is 4.16. The molecule has 2 aromatic rings. The molecule has 0 unspecified atom stereocenters. The Morgan fingerprint density at radius 1 is 1.33 bits per heavy atom. The van der Waals surface area contributed by atoms with E-state index in [0.717, 1.165) is 0 Å². The minimum atomic E-state index is -0.479. The maximum atomic E-state index is 11.8. The summed E-state index contributed by atoms with van der Waals surface area (Å²) in [6.07, 6.45) is 2.77. The minimum absolute atomic E-state index is 0.353. The molecule has 0 aliphatic rings. The Labute approximate surface area is 107 Å². The Morgan fingerprint density at radius 2 is 2.17 bits per heavy atom. The van der Waals surface area contributed by atoms with E-state index in [0.29, 0.717) is 16.1 Å². The number of hydrogen-bond donors (Lipinski definition) is 1. The standard InChI is InChI=1S/C11H9N3O3S/c1-17-11(16)9-8(3-5-18-9)14-10(15)7-2-4-12-13-6-7/h2-6H,1H3,(H,14,15). The third-order valence-electron chi connectivity index (χ3n) is 2.13. The van der Waals surface area contributed by atoms with Crippen LogP contribution in [0.3, 0.4) is 0 Å². The number of ether oxygens (including phenoxy) is 1. The summed E-state index contributed by atoms with van der Waals surface area (Å²) in [5.41, 5.74) is 0.792. The number of hydrogen-bond acceptors (Lipinski definition) is 6. The van der Waals surface area contributed by atoms with E-state index in [-0.39, 0.29) is 5.91 Å². The van der Waals surface area contributed by atoms with Crippen molar-refractivity contribution in [1.82, 2.24) is 10.2 Å². The number of carbonyl (C=O) groups excluding carboxylic acids is 2. The molecule has 0 atom stereocenters. The molecule has 0 aromatic carbocycles. The molecule has 2 heterocycles. The zero-order chi connectivity index (χ0) is 13.0. The molecule has 0 aliphatic heterocycles. The van der Waals surface area contributed by atoms with Gasteiger partial charge in [0.25, 0.3) is 5.91 Å². The average Bonchev–Trinajstić information content (AvgIpc) is 2.87. The van der Waals surface area contributed by atoms with E-state index in [2.05, 4.69) is 20.3 Å². The highest BCUT2D eigenvalue weighted by Crippen LogP contribution is 2.23. The molecule has 6 nitrogen and oxygen atoms in total. The first kappa shape index (κ1) is 12.2. The van der Waals surface area contributed by atoms with Crippen molar-refractivity contribution in [1.29, 1.82) is 0 Å². The molecular weight excluding hydrogens is 254 g/mol. The zero-order valence-corrected chi connectivity index (χ0v) is 10.2. The minimum Gasteiger partial charge on any atom is -0.465 e. The monoisotopic (exact) mass is 263 g/mol. The molecule has 2 aromatic heterocycles. The quantitative estimate of drug-likeness (QED) is 0.850. The molecule has 0 bridgehead atoms. The van der Waals surface area contributed by atoms with Crippen LogP contribution in [0, 0.1) is 0 Å². The molecule has 18 heavy (non-hydrogen) atoms. The average molecular weight is 263 g/mol. The van der Waals surface area contributed by atoms with Crippen molar-refractivity contribution in [3.63, 3.8) is 0 Å². The van der Waals surface area contributed by atoms with E-state index in [4.69, 9.17) is 0 Å². The number of aromatic nitrogens is 2. The Bertz CT molecular complexity index is 568. The van der Waals surface area contributed by atoms with Gasteiger partial charge in [0, 0.05) is 0 Å². The lowest BCUT2D eigenvalue weighted by atomic mass is 10.3. The van der Waals surface area contributed by atoms with Gasteiger partial charge in [0.05, 0.1) is 30.8 Å². The Hall–Kier alpha value is -2.28. The Kier molecular flexibility index (Phi) is 3.63. The van der Waals surface area contributed by atoms with Crippen LogP contribution in [0.25, 0.3) is 0 Å². The fourth-order valence-electron chi connectivity index (χ4n) is 1.28. The van der Waals surface area contributed by atoms with E-state index in [1.165, 1.54) is 36.9 Å². The first-order valence-electron chi connectivity index (χ1n) is 4.96. The number of nitrogens with one attached hydrogen (secondary N) is 1. The molecule has 0 radical (unpaired) electrons. The van der Waals surface area contributed by atoms with Crippen molar-refractivity contribution in [3.8, 4) is 0 Å². The van der Waals surface area contributed by atoms with E-state index < -0.39 is 5.97 Å². The van der Waals surface area contributed by atoms with Gasteiger partial charge in [-0.15, -0.1) is 11.3 Å². The van der Waals surface area contributed by atoms with E-state index in [9.17, 15) is 9.59 Å². The maximum Gasteiger partial charge on any atom is 0.350 e. The van der Waals surface area contributed by atoms with Crippen LogP contribution in [-0.4, -0.2) is 29.2 Å². The van der Waals surface area contributed by atoms with Crippen molar-refractivity contribution in [2.75, 3.05) is 12.4 Å². The van der Waals surface area contributed by atoms with Gasteiger partial charge in [-0.05, 0) is 17.5 Å². The predicted octanol–water partition coefficient (Wildman–Crippen LogP) is 1.58. The van der Waals surface area contributed by atoms with Gasteiger partial charge in [-0.2, -0.15) is 10.2 Å². The van der Waals surface area contributed by atoms with Gasteiger partial charge < -0.3 is 10.1 Å². The van der Waals surface area contributed by atoms with Crippen LogP contribution in [0.2, 0.25) is 0 Å². The maximum absolute atomic E-state index is 11.8. The summed E-state index contributed by atoms with van der Waals surface area (Å²) in [6, 6.07) is 3.18. The number of esters is 1. The lowest BCUT2D eigenvalue weighted by molar-refractivity contribution is 0.0607. The van der Waals surface area contributed by atoms with Crippen molar-refractivity contribution < 1.29 is 14.3 Å². The lowest BCUT2D eigenvalue weighted by Gasteiger charge is -2.04. The van der Waals surface area contributed by atoms with Crippen LogP contribution in [0.15, 0.2) is 29.9 Å². The molecule has 0 aliphatic carbocycles. The SMILES string of the molecule is COC(=O)c1sccc1NC(=O)c1ccnnc1. The fraction of sp³-hybridized carbons (Fsp3) is 0.0909. The van der Waals surface area contributed by atoms with Crippen LogP contribution in [-0.2, 0) is 4.74 Å². The third kappa shape index (κ3) is 2.51. The van der Waals surface area contributed by atoms with Crippen LogP contribution in [0.1, 0.15) is 20.0 Å². The molecule has 1 amide bonds. The lowest BCUT2D eigenvalue weighted by Crippen LogP contribution is -2.14. The molecule has 0 saturated heterocycles. The van der Waals surface area contributed by atoms with Crippen LogP contribution in [0.4, 0.5) is 5.69 Å². The summed E-state index contributed by atoms with van der Waals surface area (Å²) < 4.78 is 4.62. The topological polar surface area (TPSA) is 81.2 Å². The summed E-state index contributed by atoms with van der Waals surface area (Å²) in [7, 11) is 1.29. The molecule has 1 N–H and O–H groups in total. The fourth-order valence-corrected chi connectivity index (χ4v) is 2.04. The Morgan fingerprint density at radius 3 is 2.83 bits per heavy atom. The van der Waals surface area contributed by atoms with Crippen molar-refractivity contribution in [2.24, 2.45) is 0 Å². The van der Waals surface area contributed by atoms with Crippen molar-refractivity contribution >= 4 is 28.9 Å². The van der Waals surface area contributed by atoms with Crippen LogP contribution < -0.4 is 5.32 Å². The van der Waals surface area contributed by atoms with Gasteiger partial charge >= 0.3 is 5.97 Å². The number of anilines is 1. The summed E-state index contributed by atoms with van der Waals surface area (Å²) in [6.45, 7) is 0. The summed E-state index contributed by atoms with van der Waals surface area (Å²) >= 11 is 1.20. The van der Waals surface area contributed by atoms with Gasteiger partial charge in [-0.1, -0.05) is 0 Å². The summed E-state index contributed by atoms with van der Waals surface area (Å²) in [4.78, 5) is 23.6. The first-order valence-corrected chi connectivity index (χ1v) is 5.84. The number of carbonyl (C=O) groups is 2. The second-order valence-electron chi connectivity index (χ2n) is 3.24. The number of methoxy groups -OCH3 is 1. The normalized spacial score (nSPS) is 9.83. The number of thiophene rings is 1. The highest BCUT2D eigenvalue weighted by atomic mass is 32.1. The molecule has 0 spiro atoms.